The Morgan fingerprint density at radius 1 is 0.963 bits per heavy atom. The molecule has 3 rings (SSSR count). The van der Waals surface area contributed by atoms with Crippen molar-refractivity contribution >= 4 is 29.4 Å². The molecule has 0 fully saturated rings. The van der Waals surface area contributed by atoms with E-state index in [9.17, 15) is 4.79 Å². The van der Waals surface area contributed by atoms with Gasteiger partial charge in [0.2, 0.25) is 12.3 Å². The number of aryl methyl sites for hydroxylation is 4. The maximum Gasteiger partial charge on any atom is 0.219 e. The van der Waals surface area contributed by atoms with Crippen LogP contribution in [0.25, 0.3) is 0 Å². The van der Waals surface area contributed by atoms with E-state index in [-0.39, 0.29) is 0 Å². The number of nitrogens with zero attached hydrogens (tertiary/aromatic N) is 2. The molecule has 0 atom stereocenters. The average Bonchev–Trinajstić information content (AvgIpc) is 2.62. The molecule has 0 spiro atoms. The van der Waals surface area contributed by atoms with Gasteiger partial charge in [0.15, 0.2) is 0 Å². The zero-order valence-electron chi connectivity index (χ0n) is 15.8. The monoisotopic (exact) mass is 380 g/mol. The number of rotatable bonds is 5. The lowest BCUT2D eigenvalue weighted by Crippen LogP contribution is -2.16. The number of benzene rings is 2. The fraction of sp³-hybridized carbons (Fsp3) is 0.182. The van der Waals surface area contributed by atoms with Crippen LogP contribution in [-0.2, 0) is 4.79 Å². The van der Waals surface area contributed by atoms with Gasteiger partial charge in [-0.05, 0) is 68.1 Å². The van der Waals surface area contributed by atoms with E-state index < -0.39 is 0 Å². The van der Waals surface area contributed by atoms with Gasteiger partial charge in [0.05, 0.1) is 17.6 Å². The quantitative estimate of drug-likeness (QED) is 0.505. The number of anilines is 2. The smallest absolute Gasteiger partial charge is 0.219 e. The Hall–Kier alpha value is -2.85. The molecular weight excluding hydrogens is 360 g/mol. The van der Waals surface area contributed by atoms with E-state index in [1.807, 2.05) is 64.1 Å². The lowest BCUT2D eigenvalue weighted by molar-refractivity contribution is -0.106. The van der Waals surface area contributed by atoms with Crippen molar-refractivity contribution in [3.05, 3.63) is 75.9 Å². The summed E-state index contributed by atoms with van der Waals surface area (Å²) in [6.45, 7) is 7.85. The fourth-order valence-corrected chi connectivity index (χ4v) is 3.49. The zero-order valence-corrected chi connectivity index (χ0v) is 16.5. The molecule has 5 heteroatoms. The molecule has 0 N–H and O–H groups in total. The van der Waals surface area contributed by atoms with Gasteiger partial charge in [-0.1, -0.05) is 29.8 Å². The van der Waals surface area contributed by atoms with E-state index in [4.69, 9.17) is 16.3 Å². The van der Waals surface area contributed by atoms with Crippen molar-refractivity contribution in [1.82, 2.24) is 4.98 Å². The lowest BCUT2D eigenvalue weighted by Gasteiger charge is -2.22. The Balaban J connectivity index is 1.90. The molecule has 3 aromatic rings. The standard InChI is InChI=1S/C22H21ClN2O2/c1-14-6-5-7-15(2)21(14)25(13-26)19-8-9-20(24-12-19)27-22-16(3)10-18(23)11-17(22)4/h5-13H,1-4H3. The molecule has 2 aromatic carbocycles. The lowest BCUT2D eigenvalue weighted by atomic mass is 10.1. The Bertz CT molecular complexity index is 941. The maximum atomic E-state index is 11.8. The third-order valence-corrected chi connectivity index (χ3v) is 4.63. The highest BCUT2D eigenvalue weighted by Gasteiger charge is 2.14. The number of hydrogen-bond acceptors (Lipinski definition) is 3. The second kappa shape index (κ2) is 7.80. The summed E-state index contributed by atoms with van der Waals surface area (Å²) in [4.78, 5) is 17.7. The highest BCUT2D eigenvalue weighted by molar-refractivity contribution is 6.30. The minimum Gasteiger partial charge on any atom is -0.438 e. The topological polar surface area (TPSA) is 42.4 Å². The van der Waals surface area contributed by atoms with E-state index in [0.717, 1.165) is 40.1 Å². The first kappa shape index (κ1) is 18.9. The second-order valence-corrected chi connectivity index (χ2v) is 6.98. The normalized spacial score (nSPS) is 10.6. The van der Waals surface area contributed by atoms with Crippen molar-refractivity contribution in [2.45, 2.75) is 27.7 Å². The molecule has 27 heavy (non-hydrogen) atoms. The van der Waals surface area contributed by atoms with Crippen molar-refractivity contribution in [1.29, 1.82) is 0 Å². The molecule has 0 bridgehead atoms. The molecule has 1 aromatic heterocycles. The van der Waals surface area contributed by atoms with Crippen molar-refractivity contribution < 1.29 is 9.53 Å². The van der Waals surface area contributed by atoms with Gasteiger partial charge in [-0.2, -0.15) is 0 Å². The van der Waals surface area contributed by atoms with Gasteiger partial charge >= 0.3 is 0 Å². The van der Waals surface area contributed by atoms with Crippen LogP contribution >= 0.6 is 11.6 Å². The molecule has 138 valence electrons. The molecule has 0 radical (unpaired) electrons. The summed E-state index contributed by atoms with van der Waals surface area (Å²) in [5.41, 5.74) is 5.48. The van der Waals surface area contributed by atoms with Crippen LogP contribution in [0.1, 0.15) is 22.3 Å². The first-order valence-electron chi connectivity index (χ1n) is 8.62. The van der Waals surface area contributed by atoms with Gasteiger partial charge in [-0.25, -0.2) is 4.98 Å². The van der Waals surface area contributed by atoms with E-state index >= 15 is 0 Å². The van der Waals surface area contributed by atoms with Crippen LogP contribution in [0.4, 0.5) is 11.4 Å². The Morgan fingerprint density at radius 3 is 2.11 bits per heavy atom. The average molecular weight is 381 g/mol. The number of carbonyl (C=O) groups excluding carboxylic acids is 1. The van der Waals surface area contributed by atoms with Gasteiger partial charge in [-0.3, -0.25) is 9.69 Å². The van der Waals surface area contributed by atoms with Crippen molar-refractivity contribution in [3.63, 3.8) is 0 Å². The summed E-state index contributed by atoms with van der Waals surface area (Å²) in [6.07, 6.45) is 2.44. The van der Waals surface area contributed by atoms with Gasteiger partial charge in [0, 0.05) is 11.1 Å². The van der Waals surface area contributed by atoms with Crippen LogP contribution in [0, 0.1) is 27.7 Å². The summed E-state index contributed by atoms with van der Waals surface area (Å²) in [7, 11) is 0. The van der Waals surface area contributed by atoms with Crippen LogP contribution in [0.5, 0.6) is 11.6 Å². The zero-order chi connectivity index (χ0) is 19.6. The van der Waals surface area contributed by atoms with Crippen LogP contribution in [0.2, 0.25) is 5.02 Å². The molecule has 1 amide bonds. The number of pyridine rings is 1. The number of hydrogen-bond donors (Lipinski definition) is 0. The fourth-order valence-electron chi connectivity index (χ4n) is 3.17. The number of amides is 1. The van der Waals surface area contributed by atoms with E-state index in [0.29, 0.717) is 16.6 Å². The van der Waals surface area contributed by atoms with E-state index in [2.05, 4.69) is 4.98 Å². The van der Waals surface area contributed by atoms with E-state index in [1.165, 1.54) is 0 Å². The third kappa shape index (κ3) is 3.96. The van der Waals surface area contributed by atoms with Gasteiger partial charge < -0.3 is 4.74 Å². The minimum absolute atomic E-state index is 0.458. The molecule has 0 saturated heterocycles. The summed E-state index contributed by atoms with van der Waals surface area (Å²) in [5.74, 6) is 1.20. The van der Waals surface area contributed by atoms with Gasteiger partial charge in [0.25, 0.3) is 0 Å². The predicted octanol–water partition coefficient (Wildman–Crippen LogP) is 6.06. The SMILES string of the molecule is Cc1cc(Cl)cc(C)c1Oc1ccc(N(C=O)c2c(C)cccc2C)cn1. The number of para-hydroxylation sites is 1. The molecule has 0 aliphatic rings. The van der Waals surface area contributed by atoms with Gasteiger partial charge in [0.1, 0.15) is 5.75 Å². The molecular formula is C22H21ClN2O2. The molecule has 0 aliphatic carbocycles. The van der Waals surface area contributed by atoms with Crippen molar-refractivity contribution in [2.75, 3.05) is 4.90 Å². The summed E-state index contributed by atoms with van der Waals surface area (Å²) >= 11 is 6.07. The van der Waals surface area contributed by atoms with Crippen LogP contribution in [0.15, 0.2) is 48.7 Å². The maximum absolute atomic E-state index is 11.8. The number of aromatic nitrogens is 1. The highest BCUT2D eigenvalue weighted by atomic mass is 35.5. The molecule has 0 saturated carbocycles. The molecule has 0 unspecified atom stereocenters. The van der Waals surface area contributed by atoms with Crippen molar-refractivity contribution in [3.8, 4) is 11.6 Å². The molecule has 0 aliphatic heterocycles. The van der Waals surface area contributed by atoms with Gasteiger partial charge in [-0.15, -0.1) is 0 Å². The highest BCUT2D eigenvalue weighted by Crippen LogP contribution is 2.33. The predicted molar refractivity (Wildman–Crippen MR) is 109 cm³/mol. The summed E-state index contributed by atoms with van der Waals surface area (Å²) in [5, 5.41) is 0.677. The first-order chi connectivity index (χ1) is 12.9. The minimum atomic E-state index is 0.458. The first-order valence-corrected chi connectivity index (χ1v) is 9.00. The summed E-state index contributed by atoms with van der Waals surface area (Å²) < 4.78 is 5.94. The van der Waals surface area contributed by atoms with E-state index in [1.54, 1.807) is 17.2 Å². The Labute approximate surface area is 164 Å². The van der Waals surface area contributed by atoms with Crippen LogP contribution < -0.4 is 9.64 Å². The molecule has 1 heterocycles. The Morgan fingerprint density at radius 2 is 1.59 bits per heavy atom. The second-order valence-electron chi connectivity index (χ2n) is 6.54. The number of ether oxygens (including phenoxy) is 1. The third-order valence-electron chi connectivity index (χ3n) is 4.42. The van der Waals surface area contributed by atoms with Crippen molar-refractivity contribution in [2.24, 2.45) is 0 Å². The number of carbonyl (C=O) groups is 1. The molecule has 4 nitrogen and oxygen atoms in total. The van der Waals surface area contributed by atoms with Crippen LogP contribution in [0.3, 0.4) is 0 Å². The largest absolute Gasteiger partial charge is 0.438 e. The Kier molecular flexibility index (Phi) is 5.47. The number of halogens is 1. The van der Waals surface area contributed by atoms with Crippen LogP contribution in [-0.4, -0.2) is 11.4 Å². The summed E-state index contributed by atoms with van der Waals surface area (Å²) in [6, 6.07) is 13.2.